The molecular weight excluding hydrogens is 230 g/mol. The second-order valence-electron chi connectivity index (χ2n) is 4.03. The number of sulfonamides is 1. The minimum absolute atomic E-state index is 0.0414. The Morgan fingerprint density at radius 2 is 1.94 bits per heavy atom. The van der Waals surface area contributed by atoms with Crippen LogP contribution in [0.5, 0.6) is 0 Å². The molecule has 0 unspecified atom stereocenters. The van der Waals surface area contributed by atoms with Crippen molar-refractivity contribution in [3.05, 3.63) is 0 Å². The summed E-state index contributed by atoms with van der Waals surface area (Å²) in [5.74, 6) is -0.0414. The van der Waals surface area contributed by atoms with Crippen molar-refractivity contribution in [1.29, 1.82) is 0 Å². The van der Waals surface area contributed by atoms with E-state index < -0.39 is 10.0 Å². The molecule has 7 heteroatoms. The number of carbonyl (C=O) groups excluding carboxylic acids is 1. The van der Waals surface area contributed by atoms with Crippen LogP contribution in [0.1, 0.15) is 12.8 Å². The normalized spacial score (nSPS) is 19.6. The Morgan fingerprint density at radius 3 is 2.38 bits per heavy atom. The zero-order valence-corrected chi connectivity index (χ0v) is 10.5. The van der Waals surface area contributed by atoms with Crippen molar-refractivity contribution in [1.82, 2.24) is 14.9 Å². The van der Waals surface area contributed by atoms with E-state index in [0.717, 1.165) is 0 Å². The number of amides is 1. The third-order valence-electron chi connectivity index (χ3n) is 2.63. The Balaban J connectivity index is 2.35. The zero-order chi connectivity index (χ0) is 12.2. The smallest absolute Gasteiger partial charge is 0.234 e. The van der Waals surface area contributed by atoms with Gasteiger partial charge in [-0.15, -0.1) is 0 Å². The molecule has 94 valence electrons. The highest BCUT2D eigenvalue weighted by molar-refractivity contribution is 7.88. The summed E-state index contributed by atoms with van der Waals surface area (Å²) in [5.41, 5.74) is 0. The molecule has 1 saturated heterocycles. The Hall–Kier alpha value is -0.660. The molecule has 1 aliphatic rings. The van der Waals surface area contributed by atoms with Gasteiger partial charge in [0.1, 0.15) is 0 Å². The Bertz CT molecular complexity index is 334. The lowest BCUT2D eigenvalue weighted by molar-refractivity contribution is -0.121. The number of carbonyl (C=O) groups is 1. The molecule has 0 spiro atoms. The summed E-state index contributed by atoms with van der Waals surface area (Å²) >= 11 is 0. The van der Waals surface area contributed by atoms with Crippen molar-refractivity contribution >= 4 is 15.9 Å². The Kier molecular flexibility index (Phi) is 4.69. The van der Waals surface area contributed by atoms with E-state index in [1.165, 1.54) is 10.6 Å². The van der Waals surface area contributed by atoms with Gasteiger partial charge in [-0.3, -0.25) is 4.79 Å². The quantitative estimate of drug-likeness (QED) is 0.652. The van der Waals surface area contributed by atoms with Crippen molar-refractivity contribution in [2.45, 2.75) is 18.9 Å². The lowest BCUT2D eigenvalue weighted by Crippen LogP contribution is -2.47. The van der Waals surface area contributed by atoms with Gasteiger partial charge in [-0.1, -0.05) is 0 Å². The van der Waals surface area contributed by atoms with Gasteiger partial charge < -0.3 is 10.6 Å². The summed E-state index contributed by atoms with van der Waals surface area (Å²) in [6, 6.07) is 0.0962. The first kappa shape index (κ1) is 13.4. The Labute approximate surface area is 96.4 Å². The van der Waals surface area contributed by atoms with Crippen molar-refractivity contribution in [2.24, 2.45) is 0 Å². The van der Waals surface area contributed by atoms with E-state index in [1.807, 2.05) is 0 Å². The molecule has 0 aromatic heterocycles. The second-order valence-corrected chi connectivity index (χ2v) is 6.02. The van der Waals surface area contributed by atoms with Crippen LogP contribution in [0, 0.1) is 0 Å². The average Bonchev–Trinajstić information content (AvgIpc) is 2.17. The molecule has 1 aliphatic heterocycles. The van der Waals surface area contributed by atoms with E-state index in [0.29, 0.717) is 32.5 Å². The third-order valence-corrected chi connectivity index (χ3v) is 3.93. The first-order chi connectivity index (χ1) is 7.43. The molecule has 0 aromatic rings. The van der Waals surface area contributed by atoms with E-state index in [2.05, 4.69) is 10.6 Å². The predicted molar refractivity (Wildman–Crippen MR) is 61.5 cm³/mol. The molecule has 2 N–H and O–H groups in total. The van der Waals surface area contributed by atoms with Crippen molar-refractivity contribution in [2.75, 3.05) is 32.9 Å². The van der Waals surface area contributed by atoms with Gasteiger partial charge in [0.2, 0.25) is 15.9 Å². The molecule has 6 nitrogen and oxygen atoms in total. The third kappa shape index (κ3) is 4.07. The van der Waals surface area contributed by atoms with Gasteiger partial charge in [0.25, 0.3) is 0 Å². The summed E-state index contributed by atoms with van der Waals surface area (Å²) in [7, 11) is -1.37. The van der Waals surface area contributed by atoms with Crippen LogP contribution in [-0.2, 0) is 14.8 Å². The molecule has 1 fully saturated rings. The summed E-state index contributed by atoms with van der Waals surface area (Å²) < 4.78 is 23.9. The summed E-state index contributed by atoms with van der Waals surface area (Å²) in [4.78, 5) is 11.3. The molecule has 0 aliphatic carbocycles. The molecule has 0 saturated carbocycles. The van der Waals surface area contributed by atoms with Crippen LogP contribution < -0.4 is 10.6 Å². The van der Waals surface area contributed by atoms with Crippen LogP contribution >= 0.6 is 0 Å². The molecule has 1 heterocycles. The molecule has 0 radical (unpaired) electrons. The van der Waals surface area contributed by atoms with Crippen LogP contribution in [0.3, 0.4) is 0 Å². The average molecular weight is 249 g/mol. The zero-order valence-electron chi connectivity index (χ0n) is 9.69. The SMILES string of the molecule is CNCC(=O)NC1CCN(S(C)(=O)=O)CC1. The van der Waals surface area contributed by atoms with Gasteiger partial charge in [-0.05, 0) is 19.9 Å². The number of nitrogens with one attached hydrogen (secondary N) is 2. The number of rotatable bonds is 4. The first-order valence-corrected chi connectivity index (χ1v) is 7.17. The van der Waals surface area contributed by atoms with Crippen molar-refractivity contribution < 1.29 is 13.2 Å². The van der Waals surface area contributed by atoms with Gasteiger partial charge in [0, 0.05) is 19.1 Å². The molecule has 1 amide bonds. The minimum Gasteiger partial charge on any atom is -0.352 e. The molecule has 16 heavy (non-hydrogen) atoms. The van der Waals surface area contributed by atoms with Crippen LogP contribution in [0.25, 0.3) is 0 Å². The van der Waals surface area contributed by atoms with Crippen LogP contribution in [-0.4, -0.2) is 57.6 Å². The van der Waals surface area contributed by atoms with Crippen molar-refractivity contribution in [3.63, 3.8) is 0 Å². The van der Waals surface area contributed by atoms with Gasteiger partial charge in [-0.25, -0.2) is 12.7 Å². The Morgan fingerprint density at radius 1 is 1.38 bits per heavy atom. The van der Waals surface area contributed by atoms with Crippen LogP contribution in [0.15, 0.2) is 0 Å². The largest absolute Gasteiger partial charge is 0.352 e. The topological polar surface area (TPSA) is 78.5 Å². The number of nitrogens with zero attached hydrogens (tertiary/aromatic N) is 1. The lowest BCUT2D eigenvalue weighted by atomic mass is 10.1. The first-order valence-electron chi connectivity index (χ1n) is 5.32. The van der Waals surface area contributed by atoms with E-state index in [9.17, 15) is 13.2 Å². The molecule has 1 rings (SSSR count). The number of hydrogen-bond acceptors (Lipinski definition) is 4. The van der Waals surface area contributed by atoms with E-state index in [-0.39, 0.29) is 11.9 Å². The highest BCUT2D eigenvalue weighted by Crippen LogP contribution is 2.12. The molecule has 0 bridgehead atoms. The van der Waals surface area contributed by atoms with E-state index in [1.54, 1.807) is 7.05 Å². The monoisotopic (exact) mass is 249 g/mol. The number of hydrogen-bond donors (Lipinski definition) is 2. The summed E-state index contributed by atoms with van der Waals surface area (Å²) in [5, 5.41) is 5.64. The fraction of sp³-hybridized carbons (Fsp3) is 0.889. The van der Waals surface area contributed by atoms with Gasteiger partial charge in [0.05, 0.1) is 12.8 Å². The fourth-order valence-corrected chi connectivity index (χ4v) is 2.65. The number of piperidine rings is 1. The predicted octanol–water partition coefficient (Wildman–Crippen LogP) is -1.25. The van der Waals surface area contributed by atoms with Gasteiger partial charge >= 0.3 is 0 Å². The summed E-state index contributed by atoms with van der Waals surface area (Å²) in [6.45, 7) is 1.28. The van der Waals surface area contributed by atoms with Crippen LogP contribution in [0.4, 0.5) is 0 Å². The standard InChI is InChI=1S/C9H19N3O3S/c1-10-7-9(13)11-8-3-5-12(6-4-8)16(2,14)15/h8,10H,3-7H2,1-2H3,(H,11,13). The maximum atomic E-state index is 11.3. The lowest BCUT2D eigenvalue weighted by Gasteiger charge is -2.30. The highest BCUT2D eigenvalue weighted by Gasteiger charge is 2.25. The number of likely N-dealkylation sites (N-methyl/N-ethyl adjacent to an activating group) is 1. The van der Waals surface area contributed by atoms with Gasteiger partial charge in [-0.2, -0.15) is 0 Å². The van der Waals surface area contributed by atoms with Gasteiger partial charge in [0.15, 0.2) is 0 Å². The molecular formula is C9H19N3O3S. The summed E-state index contributed by atoms with van der Waals surface area (Å²) in [6.07, 6.45) is 2.58. The molecule has 0 atom stereocenters. The van der Waals surface area contributed by atoms with E-state index >= 15 is 0 Å². The van der Waals surface area contributed by atoms with Crippen molar-refractivity contribution in [3.8, 4) is 0 Å². The van der Waals surface area contributed by atoms with Crippen LogP contribution in [0.2, 0.25) is 0 Å². The maximum absolute atomic E-state index is 11.3. The highest BCUT2D eigenvalue weighted by atomic mass is 32.2. The maximum Gasteiger partial charge on any atom is 0.234 e. The minimum atomic E-state index is -3.08. The van der Waals surface area contributed by atoms with E-state index in [4.69, 9.17) is 0 Å². The molecule has 0 aromatic carbocycles. The fourth-order valence-electron chi connectivity index (χ4n) is 1.77. The second kappa shape index (κ2) is 5.60.